The first-order valence-electron chi connectivity index (χ1n) is 10.2. The van der Waals surface area contributed by atoms with Gasteiger partial charge >= 0.3 is 0 Å². The van der Waals surface area contributed by atoms with Gasteiger partial charge in [0.25, 0.3) is 0 Å². The van der Waals surface area contributed by atoms with Crippen LogP contribution in [-0.2, 0) is 4.79 Å². The maximum absolute atomic E-state index is 12.2. The van der Waals surface area contributed by atoms with Gasteiger partial charge in [0.15, 0.2) is 17.5 Å². The fourth-order valence-corrected chi connectivity index (χ4v) is 2.65. The van der Waals surface area contributed by atoms with Crippen LogP contribution in [0, 0.1) is 0 Å². The molecule has 1 heterocycles. The first-order chi connectivity index (χ1) is 13.8. The Morgan fingerprint density at radius 1 is 1.20 bits per heavy atom. The molecular weight excluding hydrogens is 497 g/mol. The van der Waals surface area contributed by atoms with Gasteiger partial charge in [-0.1, -0.05) is 6.92 Å². The molecular formula is C21H36IN5O3. The molecule has 1 aromatic rings. The highest BCUT2D eigenvalue weighted by Crippen LogP contribution is 2.32. The quantitative estimate of drug-likeness (QED) is 0.284. The fourth-order valence-electron chi connectivity index (χ4n) is 2.65. The van der Waals surface area contributed by atoms with E-state index in [1.165, 1.54) is 0 Å². The Morgan fingerprint density at radius 3 is 2.57 bits per heavy atom. The summed E-state index contributed by atoms with van der Waals surface area (Å²) in [6.07, 6.45) is 0.861. The van der Waals surface area contributed by atoms with Crippen molar-refractivity contribution in [3.63, 3.8) is 0 Å². The Hall–Kier alpha value is -1.75. The number of hydrogen-bond donors (Lipinski definition) is 3. The molecule has 0 spiro atoms. The van der Waals surface area contributed by atoms with Crippen molar-refractivity contribution in [2.75, 3.05) is 51.8 Å². The van der Waals surface area contributed by atoms with Gasteiger partial charge in [-0.2, -0.15) is 0 Å². The van der Waals surface area contributed by atoms with Crippen molar-refractivity contribution in [1.82, 2.24) is 15.5 Å². The highest BCUT2D eigenvalue weighted by molar-refractivity contribution is 14.0. The minimum Gasteiger partial charge on any atom is -0.490 e. The Bertz CT molecular complexity index is 706. The highest BCUT2D eigenvalue weighted by Gasteiger charge is 2.14. The Balaban J connectivity index is 0.00000450. The van der Waals surface area contributed by atoms with E-state index < -0.39 is 0 Å². The number of carbonyl (C=O) groups is 1. The van der Waals surface area contributed by atoms with Crippen LogP contribution in [0.5, 0.6) is 11.5 Å². The summed E-state index contributed by atoms with van der Waals surface area (Å²) < 4.78 is 11.4. The SMILES string of the molecule is CCN(C)CCNC(=NCC(=O)NC(C)(C)C)Nc1ccc2c(c1)OCCCO2.I. The van der Waals surface area contributed by atoms with Crippen LogP contribution in [0.1, 0.15) is 34.1 Å². The molecule has 0 bridgehead atoms. The number of nitrogens with zero attached hydrogens (tertiary/aromatic N) is 2. The van der Waals surface area contributed by atoms with Gasteiger partial charge in [-0.3, -0.25) is 4.79 Å². The van der Waals surface area contributed by atoms with Crippen molar-refractivity contribution >= 4 is 41.5 Å². The predicted octanol–water partition coefficient (Wildman–Crippen LogP) is 2.69. The second kappa shape index (κ2) is 12.8. The number of anilines is 1. The molecule has 0 fully saturated rings. The summed E-state index contributed by atoms with van der Waals surface area (Å²) in [5.74, 6) is 1.88. The lowest BCUT2D eigenvalue weighted by molar-refractivity contribution is -0.121. The number of carbonyl (C=O) groups excluding carboxylic acids is 1. The molecule has 1 amide bonds. The van der Waals surface area contributed by atoms with Crippen molar-refractivity contribution in [1.29, 1.82) is 0 Å². The van der Waals surface area contributed by atoms with Gasteiger partial charge in [0, 0.05) is 36.8 Å². The van der Waals surface area contributed by atoms with Gasteiger partial charge in [-0.15, -0.1) is 24.0 Å². The summed E-state index contributed by atoms with van der Waals surface area (Å²) in [6, 6.07) is 5.70. The highest BCUT2D eigenvalue weighted by atomic mass is 127. The number of aliphatic imine (C=N–C) groups is 1. The standard InChI is InChI=1S/C21H35N5O3.HI/c1-6-26(5)11-10-22-20(23-15-19(27)25-21(2,3)4)24-16-8-9-17-18(14-16)29-13-7-12-28-17;/h8-9,14H,6-7,10-13,15H2,1-5H3,(H,25,27)(H2,22,23,24);1H. The number of ether oxygens (including phenoxy) is 2. The number of benzene rings is 1. The Morgan fingerprint density at radius 2 is 1.90 bits per heavy atom. The lowest BCUT2D eigenvalue weighted by atomic mass is 10.1. The minimum atomic E-state index is -0.286. The summed E-state index contributed by atoms with van der Waals surface area (Å²) in [6.45, 7) is 11.8. The van der Waals surface area contributed by atoms with Crippen LogP contribution in [0.2, 0.25) is 0 Å². The second-order valence-corrected chi connectivity index (χ2v) is 8.12. The number of likely N-dealkylation sites (N-methyl/N-ethyl adjacent to an activating group) is 1. The van der Waals surface area contributed by atoms with Crippen molar-refractivity contribution in [2.24, 2.45) is 4.99 Å². The van der Waals surface area contributed by atoms with Crippen molar-refractivity contribution < 1.29 is 14.3 Å². The Kier molecular flexibility index (Phi) is 11.2. The van der Waals surface area contributed by atoms with E-state index in [9.17, 15) is 4.79 Å². The molecule has 0 saturated carbocycles. The summed E-state index contributed by atoms with van der Waals surface area (Å²) in [4.78, 5) is 18.8. The average Bonchev–Trinajstić information content (AvgIpc) is 2.89. The molecule has 2 rings (SSSR count). The van der Waals surface area contributed by atoms with Crippen LogP contribution in [-0.4, -0.2) is 68.7 Å². The van der Waals surface area contributed by atoms with E-state index in [-0.39, 0.29) is 42.0 Å². The van der Waals surface area contributed by atoms with Crippen LogP contribution in [0.15, 0.2) is 23.2 Å². The van der Waals surface area contributed by atoms with Crippen LogP contribution < -0.4 is 25.4 Å². The zero-order valence-corrected chi connectivity index (χ0v) is 21.0. The van der Waals surface area contributed by atoms with E-state index in [1.54, 1.807) is 0 Å². The molecule has 0 unspecified atom stereocenters. The summed E-state index contributed by atoms with van der Waals surface area (Å²) in [5, 5.41) is 9.48. The number of rotatable bonds is 7. The van der Waals surface area contributed by atoms with Gasteiger partial charge in [-0.25, -0.2) is 4.99 Å². The van der Waals surface area contributed by atoms with Gasteiger partial charge in [0.1, 0.15) is 6.54 Å². The lowest BCUT2D eigenvalue weighted by Gasteiger charge is -2.20. The molecule has 170 valence electrons. The van der Waals surface area contributed by atoms with Gasteiger partial charge in [0.05, 0.1) is 13.2 Å². The predicted molar refractivity (Wildman–Crippen MR) is 132 cm³/mol. The van der Waals surface area contributed by atoms with E-state index in [1.807, 2.05) is 39.0 Å². The van der Waals surface area contributed by atoms with Gasteiger partial charge in [-0.05, 0) is 46.5 Å². The molecule has 1 aromatic carbocycles. The van der Waals surface area contributed by atoms with Gasteiger partial charge < -0.3 is 30.3 Å². The maximum atomic E-state index is 12.2. The molecule has 0 atom stereocenters. The molecule has 1 aliphatic rings. The third kappa shape index (κ3) is 9.84. The number of guanidine groups is 1. The summed E-state index contributed by atoms with van der Waals surface area (Å²) in [5.41, 5.74) is 0.534. The smallest absolute Gasteiger partial charge is 0.242 e. The third-order valence-corrected chi connectivity index (χ3v) is 4.23. The number of halogens is 1. The monoisotopic (exact) mass is 533 g/mol. The van der Waals surface area contributed by atoms with Crippen LogP contribution in [0.25, 0.3) is 0 Å². The molecule has 0 aliphatic carbocycles. The minimum absolute atomic E-state index is 0. The molecule has 0 saturated heterocycles. The molecule has 0 radical (unpaired) electrons. The first kappa shape index (κ1) is 26.3. The summed E-state index contributed by atoms with van der Waals surface area (Å²) in [7, 11) is 2.06. The lowest BCUT2D eigenvalue weighted by Crippen LogP contribution is -2.42. The normalized spacial score (nSPS) is 13.9. The molecule has 8 nitrogen and oxygen atoms in total. The molecule has 9 heteroatoms. The first-order valence-corrected chi connectivity index (χ1v) is 10.2. The fraction of sp³-hybridized carbons (Fsp3) is 0.619. The van der Waals surface area contributed by atoms with Crippen LogP contribution in [0.3, 0.4) is 0 Å². The third-order valence-electron chi connectivity index (χ3n) is 4.23. The molecule has 30 heavy (non-hydrogen) atoms. The average molecular weight is 533 g/mol. The van der Waals surface area contributed by atoms with Crippen LogP contribution in [0.4, 0.5) is 5.69 Å². The van der Waals surface area contributed by atoms with Crippen molar-refractivity contribution in [3.8, 4) is 11.5 Å². The number of fused-ring (bicyclic) bond motifs is 1. The van der Waals surface area contributed by atoms with Crippen molar-refractivity contribution in [3.05, 3.63) is 18.2 Å². The van der Waals surface area contributed by atoms with E-state index in [0.29, 0.717) is 31.5 Å². The zero-order chi connectivity index (χ0) is 21.3. The summed E-state index contributed by atoms with van der Waals surface area (Å²) >= 11 is 0. The molecule has 1 aliphatic heterocycles. The van der Waals surface area contributed by atoms with E-state index in [4.69, 9.17) is 9.47 Å². The van der Waals surface area contributed by atoms with Crippen molar-refractivity contribution in [2.45, 2.75) is 39.7 Å². The topological polar surface area (TPSA) is 87.2 Å². The number of amides is 1. The number of nitrogens with one attached hydrogen (secondary N) is 3. The number of hydrogen-bond acceptors (Lipinski definition) is 5. The van der Waals surface area contributed by atoms with Gasteiger partial charge in [0.2, 0.25) is 5.91 Å². The zero-order valence-electron chi connectivity index (χ0n) is 18.7. The van der Waals surface area contributed by atoms with E-state index in [2.05, 4.69) is 39.8 Å². The van der Waals surface area contributed by atoms with E-state index >= 15 is 0 Å². The molecule has 3 N–H and O–H groups in total. The Labute approximate surface area is 197 Å². The van der Waals surface area contributed by atoms with E-state index in [0.717, 1.165) is 30.9 Å². The molecule has 0 aromatic heterocycles. The second-order valence-electron chi connectivity index (χ2n) is 8.12. The maximum Gasteiger partial charge on any atom is 0.242 e. The largest absolute Gasteiger partial charge is 0.490 e. The van der Waals surface area contributed by atoms with Crippen LogP contribution >= 0.6 is 24.0 Å².